The molecule has 1 aliphatic carbocycles. The maximum atomic E-state index is 13.1. The lowest BCUT2D eigenvalue weighted by atomic mass is 9.80. The van der Waals surface area contributed by atoms with Crippen LogP contribution in [0, 0.1) is 0 Å². The Morgan fingerprint density at radius 3 is 2.39 bits per heavy atom. The predicted molar refractivity (Wildman–Crippen MR) is 128 cm³/mol. The fourth-order valence-corrected chi connectivity index (χ4v) is 5.13. The van der Waals surface area contributed by atoms with Crippen LogP contribution in [-0.4, -0.2) is 32.3 Å². The van der Waals surface area contributed by atoms with Crippen molar-refractivity contribution >= 4 is 21.8 Å². The molecule has 0 saturated heterocycles. The lowest BCUT2D eigenvalue weighted by Crippen LogP contribution is -2.59. The van der Waals surface area contributed by atoms with E-state index in [1.807, 2.05) is 30.3 Å². The lowest BCUT2D eigenvalue weighted by Gasteiger charge is -2.36. The maximum Gasteiger partial charge on any atom is 0.252 e. The van der Waals surface area contributed by atoms with Crippen LogP contribution in [0.25, 0.3) is 0 Å². The average Bonchev–Trinajstić information content (AvgIpc) is 2.84. The predicted octanol–water partition coefficient (Wildman–Crippen LogP) is 3.51. The quantitative estimate of drug-likeness (QED) is 0.461. The number of carbonyl (C=O) groups is 2. The van der Waals surface area contributed by atoms with Gasteiger partial charge in [-0.25, -0.2) is 13.1 Å². The zero-order chi connectivity index (χ0) is 23.7. The number of carbonyl (C=O) groups excluding carboxylic acids is 2. The first kappa shape index (κ1) is 24.9. The highest BCUT2D eigenvalue weighted by molar-refractivity contribution is 7.89. The zero-order valence-corrected chi connectivity index (χ0v) is 19.9. The molecule has 7 nitrogen and oxygen atoms in total. The average molecular weight is 472 g/mol. The van der Waals surface area contributed by atoms with Crippen LogP contribution in [0.3, 0.4) is 0 Å². The Bertz CT molecular complexity index is 1050. The molecule has 0 atom stereocenters. The van der Waals surface area contributed by atoms with Gasteiger partial charge in [-0.2, -0.15) is 0 Å². The Kier molecular flexibility index (Phi) is 8.63. The Hall–Kier alpha value is -2.71. The van der Waals surface area contributed by atoms with Gasteiger partial charge in [0.25, 0.3) is 5.91 Å². The van der Waals surface area contributed by atoms with Crippen LogP contribution in [0.15, 0.2) is 59.5 Å². The highest BCUT2D eigenvalue weighted by Gasteiger charge is 2.40. The van der Waals surface area contributed by atoms with Gasteiger partial charge in [-0.3, -0.25) is 9.59 Å². The molecule has 0 bridgehead atoms. The van der Waals surface area contributed by atoms with Gasteiger partial charge in [-0.05, 0) is 43.0 Å². The molecule has 3 rings (SSSR count). The molecular formula is C25H33N3O4S. The van der Waals surface area contributed by atoms with E-state index in [2.05, 4.69) is 22.3 Å². The van der Waals surface area contributed by atoms with Crippen LogP contribution in [-0.2, 0) is 21.4 Å². The largest absolute Gasteiger partial charge is 0.354 e. The normalized spacial score (nSPS) is 15.5. The molecule has 1 fully saturated rings. The third-order valence-corrected chi connectivity index (χ3v) is 7.43. The van der Waals surface area contributed by atoms with E-state index in [0.29, 0.717) is 19.4 Å². The molecule has 1 saturated carbocycles. The van der Waals surface area contributed by atoms with E-state index in [1.165, 1.54) is 12.1 Å². The number of amides is 2. The molecule has 2 aromatic rings. The molecule has 0 aromatic heterocycles. The van der Waals surface area contributed by atoms with Crippen LogP contribution in [0.5, 0.6) is 0 Å². The standard InChI is InChI=1S/C25H33N3O4S/c1-2-3-17-26-24(30)25(15-8-5-9-16-25)28-23(29)21-13-10-14-22(18-21)33(31,32)27-19-20-11-6-4-7-12-20/h4,6-7,10-14,18,27H,2-3,5,8-9,15-17,19H2,1H3,(H,26,30)(H,28,29). The minimum atomic E-state index is -3.80. The fourth-order valence-electron chi connectivity index (χ4n) is 4.06. The summed E-state index contributed by atoms with van der Waals surface area (Å²) in [5.74, 6) is -0.597. The smallest absolute Gasteiger partial charge is 0.252 e. The SMILES string of the molecule is CCCCNC(=O)C1(NC(=O)c2cccc(S(=O)(=O)NCc3ccccc3)c2)CCCCC1. The number of benzene rings is 2. The summed E-state index contributed by atoms with van der Waals surface area (Å²) in [5.41, 5.74) is 0.0935. The summed E-state index contributed by atoms with van der Waals surface area (Å²) in [6, 6.07) is 15.1. The van der Waals surface area contributed by atoms with Crippen LogP contribution < -0.4 is 15.4 Å². The topological polar surface area (TPSA) is 104 Å². The number of unbranched alkanes of at least 4 members (excludes halogenated alkanes) is 1. The zero-order valence-electron chi connectivity index (χ0n) is 19.1. The van der Waals surface area contributed by atoms with Crippen LogP contribution in [0.1, 0.15) is 67.8 Å². The molecule has 0 spiro atoms. The summed E-state index contributed by atoms with van der Waals surface area (Å²) < 4.78 is 28.1. The minimum absolute atomic E-state index is 0.0103. The molecule has 178 valence electrons. The van der Waals surface area contributed by atoms with E-state index in [4.69, 9.17) is 0 Å². The van der Waals surface area contributed by atoms with E-state index in [1.54, 1.807) is 12.1 Å². The number of hydrogen-bond acceptors (Lipinski definition) is 4. The Labute approximate surface area is 196 Å². The van der Waals surface area contributed by atoms with E-state index >= 15 is 0 Å². The van der Waals surface area contributed by atoms with Crippen LogP contribution >= 0.6 is 0 Å². The molecule has 0 heterocycles. The molecule has 3 N–H and O–H groups in total. The second-order valence-electron chi connectivity index (χ2n) is 8.54. The van der Waals surface area contributed by atoms with E-state index in [0.717, 1.165) is 37.7 Å². The summed E-state index contributed by atoms with van der Waals surface area (Å²) in [5, 5.41) is 5.91. The van der Waals surface area contributed by atoms with Crippen molar-refractivity contribution in [1.29, 1.82) is 0 Å². The third kappa shape index (κ3) is 6.65. The Morgan fingerprint density at radius 2 is 1.70 bits per heavy atom. The van der Waals surface area contributed by atoms with Gasteiger partial charge >= 0.3 is 0 Å². The first-order chi connectivity index (χ1) is 15.9. The molecule has 0 aliphatic heterocycles. The van der Waals surface area contributed by atoms with Gasteiger partial charge in [0.2, 0.25) is 15.9 Å². The van der Waals surface area contributed by atoms with Gasteiger partial charge in [0.15, 0.2) is 0 Å². The molecule has 0 unspecified atom stereocenters. The maximum absolute atomic E-state index is 13.1. The molecule has 1 aliphatic rings. The second kappa shape index (κ2) is 11.4. The van der Waals surface area contributed by atoms with Crippen LogP contribution in [0.4, 0.5) is 0 Å². The van der Waals surface area contributed by atoms with E-state index < -0.39 is 21.5 Å². The number of sulfonamides is 1. The first-order valence-electron chi connectivity index (χ1n) is 11.6. The molecular weight excluding hydrogens is 438 g/mol. The number of hydrogen-bond donors (Lipinski definition) is 3. The summed E-state index contributed by atoms with van der Waals surface area (Å²) in [6.45, 7) is 2.79. The molecule has 33 heavy (non-hydrogen) atoms. The minimum Gasteiger partial charge on any atom is -0.354 e. The Morgan fingerprint density at radius 1 is 0.970 bits per heavy atom. The van der Waals surface area contributed by atoms with Gasteiger partial charge < -0.3 is 10.6 Å². The third-order valence-electron chi connectivity index (χ3n) is 6.03. The van der Waals surface area contributed by atoms with E-state index in [9.17, 15) is 18.0 Å². The monoisotopic (exact) mass is 471 g/mol. The van der Waals surface area contributed by atoms with Gasteiger partial charge in [0, 0.05) is 18.7 Å². The summed E-state index contributed by atoms with van der Waals surface area (Å²) >= 11 is 0. The summed E-state index contributed by atoms with van der Waals surface area (Å²) in [4.78, 5) is 26.1. The highest BCUT2D eigenvalue weighted by Crippen LogP contribution is 2.29. The Balaban J connectivity index is 1.73. The first-order valence-corrected chi connectivity index (χ1v) is 13.1. The van der Waals surface area contributed by atoms with Crippen molar-refractivity contribution in [2.45, 2.75) is 68.8 Å². The van der Waals surface area contributed by atoms with Crippen molar-refractivity contribution in [2.24, 2.45) is 0 Å². The number of rotatable bonds is 10. The van der Waals surface area contributed by atoms with Gasteiger partial charge in [0.1, 0.15) is 5.54 Å². The van der Waals surface area contributed by atoms with Crippen molar-refractivity contribution in [1.82, 2.24) is 15.4 Å². The molecule has 0 radical (unpaired) electrons. The molecule has 8 heteroatoms. The van der Waals surface area contributed by atoms with Gasteiger partial charge in [-0.1, -0.05) is 69.0 Å². The molecule has 2 amide bonds. The van der Waals surface area contributed by atoms with Gasteiger partial charge in [-0.15, -0.1) is 0 Å². The van der Waals surface area contributed by atoms with E-state index in [-0.39, 0.29) is 22.9 Å². The summed E-state index contributed by atoms with van der Waals surface area (Å²) in [7, 11) is -3.80. The molecule has 2 aromatic carbocycles. The summed E-state index contributed by atoms with van der Waals surface area (Å²) in [6.07, 6.45) is 5.75. The van der Waals surface area contributed by atoms with Gasteiger partial charge in [0.05, 0.1) is 4.90 Å². The van der Waals surface area contributed by atoms with Crippen molar-refractivity contribution in [3.8, 4) is 0 Å². The van der Waals surface area contributed by atoms with Crippen molar-refractivity contribution in [3.63, 3.8) is 0 Å². The van der Waals surface area contributed by atoms with Crippen molar-refractivity contribution < 1.29 is 18.0 Å². The lowest BCUT2D eigenvalue weighted by molar-refractivity contribution is -0.128. The highest BCUT2D eigenvalue weighted by atomic mass is 32.2. The van der Waals surface area contributed by atoms with Crippen LogP contribution in [0.2, 0.25) is 0 Å². The second-order valence-corrected chi connectivity index (χ2v) is 10.3. The number of nitrogens with one attached hydrogen (secondary N) is 3. The van der Waals surface area contributed by atoms with Crippen molar-refractivity contribution in [3.05, 3.63) is 65.7 Å². The fraction of sp³-hybridized carbons (Fsp3) is 0.440. The van der Waals surface area contributed by atoms with Crippen molar-refractivity contribution in [2.75, 3.05) is 6.54 Å².